The fourth-order valence-corrected chi connectivity index (χ4v) is 2.95. The topological polar surface area (TPSA) is 64.7 Å². The van der Waals surface area contributed by atoms with Crippen LogP contribution in [0, 0.1) is 0 Å². The Labute approximate surface area is 127 Å². The lowest BCUT2D eigenvalue weighted by atomic mass is 10.2. The Morgan fingerprint density at radius 2 is 1.00 bits per heavy atom. The van der Waals surface area contributed by atoms with Crippen LogP contribution in [0.3, 0.4) is 0 Å². The lowest BCUT2D eigenvalue weighted by Gasteiger charge is -2.22. The molecule has 0 aromatic heterocycles. The van der Waals surface area contributed by atoms with Gasteiger partial charge in [0.1, 0.15) is 0 Å². The third kappa shape index (κ3) is 1.81. The lowest BCUT2D eigenvalue weighted by Crippen LogP contribution is -2.43. The Morgan fingerprint density at radius 1 is 0.636 bits per heavy atom. The van der Waals surface area contributed by atoms with Crippen molar-refractivity contribution in [1.82, 2.24) is 10.6 Å². The molecule has 0 bridgehead atoms. The molecule has 2 aromatic carbocycles. The molecule has 4 amide bonds. The molecule has 2 atom stereocenters. The first-order valence-corrected chi connectivity index (χ1v) is 7.05. The zero-order chi connectivity index (χ0) is 15.1. The third-order valence-corrected chi connectivity index (χ3v) is 3.90. The highest BCUT2D eigenvalue weighted by molar-refractivity contribution is 6.03. The molecule has 0 radical (unpaired) electrons. The van der Waals surface area contributed by atoms with Crippen molar-refractivity contribution in [2.45, 2.75) is 12.3 Å². The van der Waals surface area contributed by atoms with E-state index >= 15 is 0 Å². The summed E-state index contributed by atoms with van der Waals surface area (Å²) in [6.07, 6.45) is -0.856. The van der Waals surface area contributed by atoms with Crippen molar-refractivity contribution in [2.75, 3.05) is 9.80 Å². The Morgan fingerprint density at radius 3 is 1.36 bits per heavy atom. The summed E-state index contributed by atoms with van der Waals surface area (Å²) in [6, 6.07) is 18.2. The van der Waals surface area contributed by atoms with Crippen LogP contribution in [0.5, 0.6) is 0 Å². The van der Waals surface area contributed by atoms with Crippen molar-refractivity contribution in [2.24, 2.45) is 0 Å². The summed E-state index contributed by atoms with van der Waals surface area (Å²) in [5.41, 5.74) is 1.51. The van der Waals surface area contributed by atoms with Gasteiger partial charge in [0.2, 0.25) is 0 Å². The highest BCUT2D eigenvalue weighted by atomic mass is 16.2. The summed E-state index contributed by atoms with van der Waals surface area (Å²) in [5, 5.41) is 5.75. The zero-order valence-corrected chi connectivity index (χ0v) is 11.6. The van der Waals surface area contributed by atoms with Gasteiger partial charge in [0.05, 0.1) is 0 Å². The quantitative estimate of drug-likeness (QED) is 0.891. The van der Waals surface area contributed by atoms with Crippen LogP contribution in [0.2, 0.25) is 0 Å². The number of nitrogens with zero attached hydrogens (tertiary/aromatic N) is 2. The number of fused-ring (bicyclic) bond motifs is 1. The maximum Gasteiger partial charge on any atom is 0.325 e. The second-order valence-electron chi connectivity index (χ2n) is 5.20. The maximum atomic E-state index is 12.3. The molecular weight excluding hydrogens is 280 g/mol. The molecule has 0 saturated carbocycles. The number of nitrogens with one attached hydrogen (secondary N) is 2. The van der Waals surface area contributed by atoms with Gasteiger partial charge in [0, 0.05) is 11.4 Å². The monoisotopic (exact) mass is 294 g/mol. The predicted molar refractivity (Wildman–Crippen MR) is 82.5 cm³/mol. The van der Waals surface area contributed by atoms with Crippen molar-refractivity contribution in [3.63, 3.8) is 0 Å². The number of carbonyl (C=O) groups excluding carboxylic acids is 2. The summed E-state index contributed by atoms with van der Waals surface area (Å²) in [6.45, 7) is 0. The van der Waals surface area contributed by atoms with Crippen LogP contribution in [-0.2, 0) is 0 Å². The Hall–Kier alpha value is -3.02. The van der Waals surface area contributed by atoms with Crippen molar-refractivity contribution >= 4 is 23.4 Å². The predicted octanol–water partition coefficient (Wildman–Crippen LogP) is 2.10. The fourth-order valence-electron chi connectivity index (χ4n) is 2.95. The van der Waals surface area contributed by atoms with Gasteiger partial charge in [-0.25, -0.2) is 9.59 Å². The van der Waals surface area contributed by atoms with Gasteiger partial charge < -0.3 is 10.6 Å². The minimum Gasteiger partial charge on any atom is -0.313 e. The molecule has 2 fully saturated rings. The number of anilines is 2. The van der Waals surface area contributed by atoms with Gasteiger partial charge in [-0.2, -0.15) is 0 Å². The minimum absolute atomic E-state index is 0.220. The van der Waals surface area contributed by atoms with E-state index in [1.54, 1.807) is 9.80 Å². The molecule has 2 aliphatic heterocycles. The van der Waals surface area contributed by atoms with E-state index in [0.717, 1.165) is 11.4 Å². The average molecular weight is 294 g/mol. The largest absolute Gasteiger partial charge is 0.325 e. The molecule has 4 rings (SSSR count). The average Bonchev–Trinajstić information content (AvgIpc) is 3.01. The maximum absolute atomic E-state index is 12.3. The summed E-state index contributed by atoms with van der Waals surface area (Å²) in [5.74, 6) is 0. The van der Waals surface area contributed by atoms with Crippen molar-refractivity contribution < 1.29 is 9.59 Å². The van der Waals surface area contributed by atoms with Crippen molar-refractivity contribution in [3.05, 3.63) is 60.7 Å². The Bertz CT molecular complexity index is 656. The number of urea groups is 2. The first-order chi connectivity index (χ1) is 10.8. The summed E-state index contributed by atoms with van der Waals surface area (Å²) in [4.78, 5) is 27.8. The number of hydrogen-bond donors (Lipinski definition) is 2. The van der Waals surface area contributed by atoms with Gasteiger partial charge in [-0.05, 0) is 24.3 Å². The van der Waals surface area contributed by atoms with Gasteiger partial charge >= 0.3 is 12.1 Å². The van der Waals surface area contributed by atoms with E-state index in [1.165, 1.54) is 0 Å². The number of benzene rings is 2. The Balaban J connectivity index is 1.70. The van der Waals surface area contributed by atoms with Gasteiger partial charge in [0.15, 0.2) is 12.3 Å². The van der Waals surface area contributed by atoms with Crippen LogP contribution in [0.25, 0.3) is 0 Å². The number of para-hydroxylation sites is 2. The minimum atomic E-state index is -0.428. The van der Waals surface area contributed by atoms with Gasteiger partial charge in [-0.15, -0.1) is 0 Å². The van der Waals surface area contributed by atoms with Crippen molar-refractivity contribution in [1.29, 1.82) is 0 Å². The van der Waals surface area contributed by atoms with Gasteiger partial charge in [-0.3, -0.25) is 9.80 Å². The molecule has 0 aliphatic carbocycles. The number of hydrogen-bond acceptors (Lipinski definition) is 2. The molecule has 2 aromatic rings. The first kappa shape index (κ1) is 12.7. The molecule has 0 spiro atoms. The highest BCUT2D eigenvalue weighted by Gasteiger charge is 2.51. The van der Waals surface area contributed by atoms with E-state index in [9.17, 15) is 9.59 Å². The lowest BCUT2D eigenvalue weighted by molar-refractivity contribution is 0.245. The molecule has 6 heteroatoms. The second-order valence-corrected chi connectivity index (χ2v) is 5.20. The first-order valence-electron chi connectivity index (χ1n) is 7.05. The fraction of sp³-hybridized carbons (Fsp3) is 0.125. The smallest absolute Gasteiger partial charge is 0.313 e. The molecule has 110 valence electrons. The molecule has 2 aliphatic rings. The van der Waals surface area contributed by atoms with E-state index in [-0.39, 0.29) is 12.1 Å². The van der Waals surface area contributed by atoms with E-state index in [2.05, 4.69) is 10.6 Å². The van der Waals surface area contributed by atoms with Crippen LogP contribution < -0.4 is 20.4 Å². The van der Waals surface area contributed by atoms with Crippen LogP contribution >= 0.6 is 0 Å². The van der Waals surface area contributed by atoms with E-state index in [0.29, 0.717) is 0 Å². The van der Waals surface area contributed by atoms with E-state index in [4.69, 9.17) is 0 Å². The molecule has 6 nitrogen and oxygen atoms in total. The molecule has 0 unspecified atom stereocenters. The zero-order valence-electron chi connectivity index (χ0n) is 11.6. The second kappa shape index (κ2) is 4.77. The number of amides is 4. The molecule has 2 heterocycles. The van der Waals surface area contributed by atoms with E-state index in [1.807, 2.05) is 60.7 Å². The standard InChI is InChI=1S/C16H14N4O2/c21-15-18-14-13(19(15)11-7-3-1-4-8-11)17-16(22)20(14)12-9-5-2-6-10-12/h1-10,13-14H,(H,17,22)(H,18,21)/t13-,14-/m0/s1. The Kier molecular flexibility index (Phi) is 2.75. The van der Waals surface area contributed by atoms with Gasteiger partial charge in [-0.1, -0.05) is 36.4 Å². The van der Waals surface area contributed by atoms with Gasteiger partial charge in [0.25, 0.3) is 0 Å². The van der Waals surface area contributed by atoms with Crippen LogP contribution in [0.15, 0.2) is 60.7 Å². The third-order valence-electron chi connectivity index (χ3n) is 3.90. The van der Waals surface area contributed by atoms with Crippen LogP contribution in [0.4, 0.5) is 21.0 Å². The molecule has 22 heavy (non-hydrogen) atoms. The van der Waals surface area contributed by atoms with Crippen LogP contribution in [-0.4, -0.2) is 24.4 Å². The highest BCUT2D eigenvalue weighted by Crippen LogP contribution is 2.30. The molecular formula is C16H14N4O2. The van der Waals surface area contributed by atoms with Crippen LogP contribution in [0.1, 0.15) is 0 Å². The number of carbonyl (C=O) groups is 2. The SMILES string of the molecule is O=C1N[C@@H]2[C@@H](NC(=O)N2c2ccccc2)N1c1ccccc1. The molecule has 2 saturated heterocycles. The summed E-state index contributed by atoms with van der Waals surface area (Å²) < 4.78 is 0. The molecule has 2 N–H and O–H groups in total. The van der Waals surface area contributed by atoms with E-state index < -0.39 is 12.3 Å². The number of rotatable bonds is 2. The normalized spacial score (nSPS) is 23.3. The summed E-state index contributed by atoms with van der Waals surface area (Å²) in [7, 11) is 0. The summed E-state index contributed by atoms with van der Waals surface area (Å²) >= 11 is 0. The van der Waals surface area contributed by atoms with Crippen molar-refractivity contribution in [3.8, 4) is 0 Å².